The topological polar surface area (TPSA) is 50.7 Å². The summed E-state index contributed by atoms with van der Waals surface area (Å²) < 4.78 is 17.5. The highest BCUT2D eigenvalue weighted by Gasteiger charge is 2.19. The van der Waals surface area contributed by atoms with E-state index in [4.69, 9.17) is 11.6 Å². The van der Waals surface area contributed by atoms with E-state index in [0.29, 0.717) is 20.9 Å². The molecule has 0 saturated carbocycles. The first-order chi connectivity index (χ1) is 10.6. The molecule has 4 nitrogen and oxygen atoms in total. The van der Waals surface area contributed by atoms with Gasteiger partial charge >= 0.3 is 5.69 Å². The summed E-state index contributed by atoms with van der Waals surface area (Å²) in [6.07, 6.45) is 0. The van der Waals surface area contributed by atoms with Gasteiger partial charge in [0.2, 0.25) is 0 Å². The number of thiazole rings is 1. The predicted molar refractivity (Wildman–Crippen MR) is 89.7 cm³/mol. The lowest BCUT2D eigenvalue weighted by Gasteiger charge is -2.07. The van der Waals surface area contributed by atoms with E-state index in [2.05, 4.69) is 25.9 Å². The van der Waals surface area contributed by atoms with Crippen LogP contribution in [0.15, 0.2) is 39.0 Å². The van der Waals surface area contributed by atoms with E-state index in [-0.39, 0.29) is 11.0 Å². The number of nitrogens with zero attached hydrogens (tertiary/aromatic N) is 2. The van der Waals surface area contributed by atoms with Crippen molar-refractivity contribution in [1.82, 2.24) is 14.5 Å². The second-order valence-corrected chi connectivity index (χ2v) is 6.86. The fraction of sp³-hybridized carbons (Fsp3) is 0. The van der Waals surface area contributed by atoms with Crippen molar-refractivity contribution in [2.24, 2.45) is 0 Å². The Labute approximate surface area is 140 Å². The zero-order valence-corrected chi connectivity index (χ0v) is 13.9. The Morgan fingerprint density at radius 1 is 1.36 bits per heavy atom. The van der Waals surface area contributed by atoms with E-state index in [0.717, 1.165) is 4.47 Å². The SMILES string of the molecule is O=c1[nH]c2cc3scnc3c(F)c2n1-c1ccc(Br)cc1Cl. The van der Waals surface area contributed by atoms with Crippen molar-refractivity contribution < 1.29 is 4.39 Å². The zero-order valence-electron chi connectivity index (χ0n) is 10.7. The minimum absolute atomic E-state index is 0.146. The van der Waals surface area contributed by atoms with E-state index in [1.54, 1.807) is 29.8 Å². The molecular formula is C14H6BrClFN3OS. The van der Waals surface area contributed by atoms with Crippen molar-refractivity contribution in [3.8, 4) is 5.69 Å². The van der Waals surface area contributed by atoms with Gasteiger partial charge in [-0.2, -0.15) is 0 Å². The van der Waals surface area contributed by atoms with Crippen LogP contribution in [0.5, 0.6) is 0 Å². The first-order valence-corrected chi connectivity index (χ1v) is 8.23. The number of nitrogens with one attached hydrogen (secondary N) is 1. The number of H-pyrrole nitrogens is 1. The monoisotopic (exact) mass is 397 g/mol. The molecule has 4 rings (SSSR count). The molecule has 2 aromatic carbocycles. The molecule has 0 fully saturated rings. The van der Waals surface area contributed by atoms with Gasteiger partial charge in [0.25, 0.3) is 0 Å². The summed E-state index contributed by atoms with van der Waals surface area (Å²) in [5.41, 5.74) is 2.34. The van der Waals surface area contributed by atoms with Gasteiger partial charge < -0.3 is 4.98 Å². The molecule has 8 heteroatoms. The number of imidazole rings is 1. The van der Waals surface area contributed by atoms with Gasteiger partial charge in [-0.25, -0.2) is 14.2 Å². The average molecular weight is 399 g/mol. The van der Waals surface area contributed by atoms with Crippen LogP contribution < -0.4 is 5.69 Å². The molecule has 4 aromatic rings. The maximum atomic E-state index is 14.8. The van der Waals surface area contributed by atoms with Crippen molar-refractivity contribution >= 4 is 60.1 Å². The Balaban J connectivity index is 2.17. The third-order valence-electron chi connectivity index (χ3n) is 3.36. The molecule has 0 bridgehead atoms. The number of aromatic nitrogens is 3. The molecule has 0 unspecified atom stereocenters. The number of fused-ring (bicyclic) bond motifs is 2. The first-order valence-electron chi connectivity index (χ1n) is 6.18. The molecule has 0 amide bonds. The Hall–Kier alpha value is -1.70. The molecule has 0 spiro atoms. The standard InChI is InChI=1S/C14H6BrClFN3OS/c15-6-1-2-9(7(16)3-6)20-13-8(19-14(20)21)4-10-12(11(13)17)18-5-22-10/h1-5H,(H,19,21). The maximum Gasteiger partial charge on any atom is 0.331 e. The summed E-state index contributed by atoms with van der Waals surface area (Å²) in [6, 6.07) is 6.77. The zero-order chi connectivity index (χ0) is 15.4. The molecule has 0 aliphatic rings. The largest absolute Gasteiger partial charge is 0.331 e. The lowest BCUT2D eigenvalue weighted by molar-refractivity contribution is 0.643. The fourth-order valence-corrected chi connectivity index (χ4v) is 3.90. The van der Waals surface area contributed by atoms with E-state index < -0.39 is 11.5 Å². The van der Waals surface area contributed by atoms with Crippen LogP contribution in [-0.2, 0) is 0 Å². The molecule has 0 radical (unpaired) electrons. The third kappa shape index (κ3) is 1.93. The second-order valence-electron chi connectivity index (χ2n) is 4.65. The van der Waals surface area contributed by atoms with Crippen molar-refractivity contribution in [3.63, 3.8) is 0 Å². The Kier molecular flexibility index (Phi) is 3.11. The molecule has 110 valence electrons. The van der Waals surface area contributed by atoms with E-state index in [9.17, 15) is 9.18 Å². The van der Waals surface area contributed by atoms with Gasteiger partial charge in [-0.3, -0.25) is 4.57 Å². The summed E-state index contributed by atoms with van der Waals surface area (Å²) in [5.74, 6) is -0.536. The van der Waals surface area contributed by atoms with Gasteiger partial charge in [-0.1, -0.05) is 27.5 Å². The van der Waals surface area contributed by atoms with Crippen LogP contribution in [0.2, 0.25) is 5.02 Å². The molecule has 0 aliphatic carbocycles. The van der Waals surface area contributed by atoms with Gasteiger partial charge in [0.1, 0.15) is 11.0 Å². The molecule has 0 aliphatic heterocycles. The maximum absolute atomic E-state index is 14.8. The summed E-state index contributed by atoms with van der Waals surface area (Å²) in [7, 11) is 0. The Bertz CT molecular complexity index is 1100. The van der Waals surface area contributed by atoms with E-state index in [1.807, 2.05) is 0 Å². The predicted octanol–water partition coefficient (Wildman–Crippen LogP) is 4.48. The van der Waals surface area contributed by atoms with Crippen molar-refractivity contribution in [3.05, 3.63) is 55.6 Å². The number of benzene rings is 2. The van der Waals surface area contributed by atoms with Crippen molar-refractivity contribution in [2.45, 2.75) is 0 Å². The highest BCUT2D eigenvalue weighted by molar-refractivity contribution is 9.10. The molecular weight excluding hydrogens is 393 g/mol. The van der Waals surface area contributed by atoms with Gasteiger partial charge in [0, 0.05) is 4.47 Å². The molecule has 22 heavy (non-hydrogen) atoms. The molecule has 2 heterocycles. The van der Waals surface area contributed by atoms with E-state index in [1.165, 1.54) is 15.9 Å². The lowest BCUT2D eigenvalue weighted by atomic mass is 10.2. The van der Waals surface area contributed by atoms with Crippen LogP contribution in [0.3, 0.4) is 0 Å². The van der Waals surface area contributed by atoms with Crippen LogP contribution in [0.25, 0.3) is 26.9 Å². The summed E-state index contributed by atoms with van der Waals surface area (Å²) in [5, 5.41) is 0.343. The summed E-state index contributed by atoms with van der Waals surface area (Å²) in [6.45, 7) is 0. The normalized spacial score (nSPS) is 11.6. The van der Waals surface area contributed by atoms with Crippen molar-refractivity contribution in [2.75, 3.05) is 0 Å². The highest BCUT2D eigenvalue weighted by Crippen LogP contribution is 2.31. The number of halogens is 3. The number of hydrogen-bond donors (Lipinski definition) is 1. The molecule has 0 saturated heterocycles. The summed E-state index contributed by atoms with van der Waals surface area (Å²) >= 11 is 10.8. The van der Waals surface area contributed by atoms with Crippen LogP contribution in [0.1, 0.15) is 0 Å². The smallest absolute Gasteiger partial charge is 0.305 e. The van der Waals surface area contributed by atoms with Crippen LogP contribution in [0, 0.1) is 5.82 Å². The van der Waals surface area contributed by atoms with Crippen molar-refractivity contribution in [1.29, 1.82) is 0 Å². The number of rotatable bonds is 1. The lowest BCUT2D eigenvalue weighted by Crippen LogP contribution is -2.15. The quantitative estimate of drug-likeness (QED) is 0.514. The average Bonchev–Trinajstić information content (AvgIpc) is 3.04. The molecule has 0 atom stereocenters. The number of aromatic amines is 1. The highest BCUT2D eigenvalue weighted by atomic mass is 79.9. The van der Waals surface area contributed by atoms with E-state index >= 15 is 0 Å². The number of hydrogen-bond acceptors (Lipinski definition) is 3. The fourth-order valence-electron chi connectivity index (χ4n) is 2.43. The van der Waals surface area contributed by atoms with Gasteiger partial charge in [-0.15, -0.1) is 11.3 Å². The van der Waals surface area contributed by atoms with Gasteiger partial charge in [0.05, 0.1) is 26.4 Å². The Morgan fingerprint density at radius 3 is 2.95 bits per heavy atom. The minimum atomic E-state index is -0.536. The summed E-state index contributed by atoms with van der Waals surface area (Å²) in [4.78, 5) is 19.0. The van der Waals surface area contributed by atoms with Crippen LogP contribution in [-0.4, -0.2) is 14.5 Å². The molecule has 2 aromatic heterocycles. The molecule has 1 N–H and O–H groups in total. The Morgan fingerprint density at radius 2 is 2.18 bits per heavy atom. The first kappa shape index (κ1) is 13.9. The van der Waals surface area contributed by atoms with Gasteiger partial charge in [-0.05, 0) is 24.3 Å². The van der Waals surface area contributed by atoms with Gasteiger partial charge in [0.15, 0.2) is 5.82 Å². The van der Waals surface area contributed by atoms with Crippen LogP contribution >= 0.6 is 38.9 Å². The second kappa shape index (κ2) is 4.91. The third-order valence-corrected chi connectivity index (χ3v) is 4.93. The van der Waals surface area contributed by atoms with Crippen LogP contribution in [0.4, 0.5) is 4.39 Å². The minimum Gasteiger partial charge on any atom is -0.305 e.